The molecule has 1 N–H and O–H groups in total. The average molecular weight is 612 g/mol. The zero-order valence-corrected chi connectivity index (χ0v) is 26.2. The number of nitrogens with zero attached hydrogens (tertiary/aromatic N) is 6. The van der Waals surface area contributed by atoms with Crippen molar-refractivity contribution >= 4 is 29.0 Å². The number of amides is 1. The number of pyridine rings is 1. The Morgan fingerprint density at radius 2 is 1.89 bits per heavy atom. The highest BCUT2D eigenvalue weighted by Crippen LogP contribution is 2.25. The van der Waals surface area contributed by atoms with Crippen molar-refractivity contribution in [2.45, 2.75) is 65.3 Å². The van der Waals surface area contributed by atoms with Crippen molar-refractivity contribution in [3.63, 3.8) is 0 Å². The second-order valence-electron chi connectivity index (χ2n) is 12.0. The van der Waals surface area contributed by atoms with Crippen LogP contribution in [0.4, 0.5) is 10.7 Å². The van der Waals surface area contributed by atoms with Crippen molar-refractivity contribution in [3.05, 3.63) is 75.2 Å². The van der Waals surface area contributed by atoms with E-state index in [0.29, 0.717) is 30.2 Å². The van der Waals surface area contributed by atoms with Gasteiger partial charge in [0.15, 0.2) is 16.9 Å². The van der Waals surface area contributed by atoms with Gasteiger partial charge in [0, 0.05) is 49.7 Å². The maximum atomic E-state index is 14.0. The van der Waals surface area contributed by atoms with E-state index in [1.807, 2.05) is 23.1 Å². The summed E-state index contributed by atoms with van der Waals surface area (Å²) in [6.45, 7) is 7.86. The molecule has 0 unspecified atom stereocenters. The highest BCUT2D eigenvalue weighted by molar-refractivity contribution is 6.02. The number of hydrogen-bond donors (Lipinski definition) is 1. The third-order valence-electron chi connectivity index (χ3n) is 7.55. The first-order chi connectivity index (χ1) is 21.5. The van der Waals surface area contributed by atoms with Crippen LogP contribution in [0.15, 0.2) is 58.4 Å². The van der Waals surface area contributed by atoms with Gasteiger partial charge in [0.2, 0.25) is 5.95 Å². The van der Waals surface area contributed by atoms with Crippen LogP contribution in [0.2, 0.25) is 0 Å². The quantitative estimate of drug-likeness (QED) is 0.249. The minimum Gasteiger partial charge on any atom is -0.444 e. The van der Waals surface area contributed by atoms with Crippen LogP contribution in [0.1, 0.15) is 50.9 Å². The number of fused-ring (bicyclic) bond motifs is 1. The second kappa shape index (κ2) is 12.8. The summed E-state index contributed by atoms with van der Waals surface area (Å²) in [6, 6.07) is 10.5. The van der Waals surface area contributed by atoms with E-state index in [4.69, 9.17) is 9.72 Å². The smallest absolute Gasteiger partial charge is 0.407 e. The molecule has 1 amide bonds. The zero-order valence-electron chi connectivity index (χ0n) is 26.2. The molecule has 3 aromatic heterocycles. The molecule has 0 bridgehead atoms. The number of nitrogens with one attached hydrogen (secondary N) is 1. The van der Waals surface area contributed by atoms with Gasteiger partial charge >= 0.3 is 11.8 Å². The number of carbonyl (C=O) groups is 2. The highest BCUT2D eigenvalue weighted by Gasteiger charge is 2.29. The Labute approximate surface area is 260 Å². The zero-order chi connectivity index (χ0) is 32.3. The van der Waals surface area contributed by atoms with Crippen molar-refractivity contribution in [2.24, 2.45) is 7.05 Å². The fourth-order valence-corrected chi connectivity index (χ4v) is 5.53. The summed E-state index contributed by atoms with van der Waals surface area (Å²) in [5, 5.41) is 2.94. The number of hydrogen-bond acceptors (Lipinski definition) is 8. The molecule has 0 aliphatic carbocycles. The van der Waals surface area contributed by atoms with Gasteiger partial charge in [0.1, 0.15) is 5.60 Å². The van der Waals surface area contributed by atoms with E-state index in [2.05, 4.69) is 22.1 Å². The number of anilines is 1. The highest BCUT2D eigenvalue weighted by atomic mass is 16.6. The summed E-state index contributed by atoms with van der Waals surface area (Å²) < 4.78 is 9.37. The molecule has 12 nitrogen and oxygen atoms in total. The van der Waals surface area contributed by atoms with E-state index in [1.54, 1.807) is 62.9 Å². The molecule has 0 radical (unpaired) electrons. The van der Waals surface area contributed by atoms with Crippen molar-refractivity contribution < 1.29 is 14.3 Å². The van der Waals surface area contributed by atoms with E-state index in [0.717, 1.165) is 23.0 Å². The lowest BCUT2D eigenvalue weighted by Crippen LogP contribution is -2.49. The number of ether oxygens (including phenoxy) is 1. The third-order valence-corrected chi connectivity index (χ3v) is 7.55. The van der Waals surface area contributed by atoms with E-state index in [-0.39, 0.29) is 29.5 Å². The third kappa shape index (κ3) is 6.67. The Hall–Kier alpha value is -5.18. The van der Waals surface area contributed by atoms with Gasteiger partial charge in [-0.3, -0.25) is 28.3 Å². The van der Waals surface area contributed by atoms with Crippen LogP contribution in [0.25, 0.3) is 22.3 Å². The van der Waals surface area contributed by atoms with E-state index < -0.39 is 29.5 Å². The molecule has 12 heteroatoms. The van der Waals surface area contributed by atoms with Gasteiger partial charge in [-0.1, -0.05) is 36.3 Å². The first kappa shape index (κ1) is 31.3. The first-order valence-corrected chi connectivity index (χ1v) is 14.8. The molecular formula is C33H37N7O5. The Morgan fingerprint density at radius 1 is 1.11 bits per heavy atom. The molecule has 1 fully saturated rings. The lowest BCUT2D eigenvalue weighted by Gasteiger charge is -2.34. The number of Topliss-reactive ketones (excluding diaryl/α,β-unsaturated/α-hetero) is 1. The summed E-state index contributed by atoms with van der Waals surface area (Å²) in [5.74, 6) is 5.95. The van der Waals surface area contributed by atoms with Gasteiger partial charge < -0.3 is 15.0 Å². The van der Waals surface area contributed by atoms with Crippen LogP contribution in [0.3, 0.4) is 0 Å². The predicted octanol–water partition coefficient (Wildman–Crippen LogP) is 3.36. The van der Waals surface area contributed by atoms with Gasteiger partial charge in [-0.2, -0.15) is 4.98 Å². The molecule has 0 saturated carbocycles. The van der Waals surface area contributed by atoms with Crippen molar-refractivity contribution in [1.82, 2.24) is 29.0 Å². The maximum Gasteiger partial charge on any atom is 0.407 e. The SMILES string of the molecule is CC#CCn1c(N2CCC[C@@H](NC(=O)OC(C)(C)C)C2)nc2c1c(=O)n(CC(=O)c1ccccc1-c1cccnc1)c(=O)n2C. The topological polar surface area (TPSA) is 133 Å². The maximum absolute atomic E-state index is 14.0. The molecule has 1 aliphatic rings. The van der Waals surface area contributed by atoms with Crippen LogP contribution in [-0.4, -0.2) is 60.3 Å². The Balaban J connectivity index is 1.53. The summed E-state index contributed by atoms with van der Waals surface area (Å²) in [6.07, 6.45) is 4.32. The Morgan fingerprint density at radius 3 is 2.60 bits per heavy atom. The Kier molecular flexibility index (Phi) is 8.90. The van der Waals surface area contributed by atoms with Gasteiger partial charge in [-0.05, 0) is 52.2 Å². The van der Waals surface area contributed by atoms with Crippen molar-refractivity contribution in [1.29, 1.82) is 0 Å². The normalized spacial score (nSPS) is 15.0. The number of ketones is 1. The van der Waals surface area contributed by atoms with Gasteiger partial charge in [-0.15, -0.1) is 5.92 Å². The number of benzene rings is 1. The minimum atomic E-state index is -0.652. The standard InChI is InChI=1S/C33H37N7O5/c1-6-7-18-39-27-28(36-30(39)38-17-11-13-23(20-38)35-31(43)45-33(2,3)4)37(5)32(44)40(29(27)42)21-26(41)25-15-9-8-14-24(25)22-12-10-16-34-19-22/h8-10,12,14-16,19,23H,11,13,17-18,20-21H2,1-5H3,(H,35,43)/t23-/m1/s1. The molecule has 234 valence electrons. The molecule has 1 aromatic carbocycles. The van der Waals surface area contributed by atoms with Crippen LogP contribution >= 0.6 is 0 Å². The van der Waals surface area contributed by atoms with Crippen LogP contribution in [-0.2, 0) is 24.9 Å². The van der Waals surface area contributed by atoms with Gasteiger partial charge in [-0.25, -0.2) is 9.59 Å². The summed E-state index contributed by atoms with van der Waals surface area (Å²) in [4.78, 5) is 64.6. The molecule has 5 rings (SSSR count). The van der Waals surface area contributed by atoms with Crippen LogP contribution in [0.5, 0.6) is 0 Å². The molecule has 1 aliphatic heterocycles. The first-order valence-electron chi connectivity index (χ1n) is 14.8. The van der Waals surface area contributed by atoms with Crippen LogP contribution in [0, 0.1) is 11.8 Å². The second-order valence-corrected chi connectivity index (χ2v) is 12.0. The van der Waals surface area contributed by atoms with Crippen molar-refractivity contribution in [2.75, 3.05) is 18.0 Å². The number of aryl methyl sites for hydroxylation is 1. The number of aromatic nitrogens is 5. The lowest BCUT2D eigenvalue weighted by atomic mass is 9.98. The van der Waals surface area contributed by atoms with E-state index in [1.165, 1.54) is 11.6 Å². The summed E-state index contributed by atoms with van der Waals surface area (Å²) in [5.41, 5.74) is 0.245. The van der Waals surface area contributed by atoms with E-state index >= 15 is 0 Å². The lowest BCUT2D eigenvalue weighted by molar-refractivity contribution is 0.0499. The predicted molar refractivity (Wildman–Crippen MR) is 171 cm³/mol. The minimum absolute atomic E-state index is 0.147. The molecule has 1 saturated heterocycles. The number of piperidine rings is 1. The molecule has 4 heterocycles. The summed E-state index contributed by atoms with van der Waals surface area (Å²) >= 11 is 0. The summed E-state index contributed by atoms with van der Waals surface area (Å²) in [7, 11) is 1.53. The largest absolute Gasteiger partial charge is 0.444 e. The van der Waals surface area contributed by atoms with Gasteiger partial charge in [0.05, 0.1) is 13.1 Å². The number of imidazole rings is 1. The van der Waals surface area contributed by atoms with E-state index in [9.17, 15) is 19.2 Å². The molecule has 0 spiro atoms. The fraction of sp³-hybridized carbons (Fsp3) is 0.394. The number of alkyl carbamates (subject to hydrolysis) is 1. The average Bonchev–Trinajstić information content (AvgIpc) is 3.40. The molecular weight excluding hydrogens is 574 g/mol. The monoisotopic (exact) mass is 611 g/mol. The molecule has 1 atom stereocenters. The van der Waals surface area contributed by atoms with Crippen LogP contribution < -0.4 is 21.5 Å². The fourth-order valence-electron chi connectivity index (χ4n) is 5.53. The Bertz CT molecular complexity index is 1920. The van der Waals surface area contributed by atoms with Crippen molar-refractivity contribution in [3.8, 4) is 23.0 Å². The molecule has 45 heavy (non-hydrogen) atoms. The number of carbonyl (C=O) groups excluding carboxylic acids is 2. The molecule has 4 aromatic rings. The van der Waals surface area contributed by atoms with Gasteiger partial charge in [0.25, 0.3) is 5.56 Å². The number of rotatable bonds is 7.